The van der Waals surface area contributed by atoms with Crippen LogP contribution in [0.5, 0.6) is 0 Å². The largest absolute Gasteiger partial charge is 0.462 e. The van der Waals surface area contributed by atoms with Gasteiger partial charge in [-0.2, -0.15) is 25.3 Å². The first-order valence-corrected chi connectivity index (χ1v) is 7.68. The molecule has 0 fully saturated rings. The summed E-state index contributed by atoms with van der Waals surface area (Å²) < 4.78 is 14.1. The second-order valence-corrected chi connectivity index (χ2v) is 8.31. The first-order chi connectivity index (χ1) is 9.34. The molecule has 0 amide bonds. The fraction of sp³-hybridized carbons (Fsp3) is 0.857. The lowest BCUT2D eigenvalue weighted by molar-refractivity contribution is -0.156. The molecule has 0 saturated heterocycles. The fourth-order valence-electron chi connectivity index (χ4n) is 1.08. The zero-order chi connectivity index (χ0) is 16.8. The van der Waals surface area contributed by atoms with E-state index in [1.807, 2.05) is 0 Å². The number of carbonyl (C=O) groups excluding carboxylic acids is 2. The van der Waals surface area contributed by atoms with Crippen molar-refractivity contribution in [1.29, 1.82) is 0 Å². The van der Waals surface area contributed by atoms with Crippen molar-refractivity contribution in [2.45, 2.75) is 63.2 Å². The van der Waals surface area contributed by atoms with Crippen molar-refractivity contribution in [1.82, 2.24) is 0 Å². The Hall–Kier alpha value is -0.400. The molecule has 2 atom stereocenters. The minimum absolute atomic E-state index is 0.127. The highest BCUT2D eigenvalue weighted by molar-refractivity contribution is 7.82. The molecule has 21 heavy (non-hydrogen) atoms. The molecule has 0 bridgehead atoms. The van der Waals surface area contributed by atoms with Crippen molar-refractivity contribution in [3.8, 4) is 0 Å². The molecule has 0 aliphatic rings. The topological polar surface area (TPSA) is 61.8 Å². The van der Waals surface area contributed by atoms with Gasteiger partial charge in [0.1, 0.15) is 22.2 Å². The van der Waals surface area contributed by atoms with Gasteiger partial charge < -0.3 is 14.2 Å². The molecule has 0 radical (unpaired) electrons. The number of carbonyl (C=O) groups is 2. The van der Waals surface area contributed by atoms with E-state index >= 15 is 0 Å². The SMILES string of the molecule is CC(COC(=O)C(C)(C)S)OCC(C)OC(=O)C(C)(C)S. The highest BCUT2D eigenvalue weighted by Crippen LogP contribution is 2.16. The zero-order valence-electron chi connectivity index (χ0n) is 13.5. The Kier molecular flexibility index (Phi) is 8.13. The van der Waals surface area contributed by atoms with E-state index in [1.54, 1.807) is 41.5 Å². The normalized spacial score (nSPS) is 15.2. The number of rotatable bonds is 8. The Morgan fingerprint density at radius 3 is 1.81 bits per heavy atom. The van der Waals surface area contributed by atoms with Gasteiger partial charge in [0.2, 0.25) is 0 Å². The third kappa shape index (κ3) is 9.26. The summed E-state index contributed by atoms with van der Waals surface area (Å²) in [5.74, 6) is -0.810. The summed E-state index contributed by atoms with van der Waals surface area (Å²) >= 11 is 8.26. The summed E-state index contributed by atoms with van der Waals surface area (Å²) in [4.78, 5) is 23.1. The maximum absolute atomic E-state index is 11.6. The predicted octanol–water partition coefficient (Wildman–Crippen LogP) is 2.28. The molecule has 0 heterocycles. The average Bonchev–Trinajstić information content (AvgIpc) is 2.30. The van der Waals surface area contributed by atoms with Crippen LogP contribution in [-0.2, 0) is 23.8 Å². The summed E-state index contributed by atoms with van der Waals surface area (Å²) in [6.07, 6.45) is -0.696. The van der Waals surface area contributed by atoms with Crippen LogP contribution in [-0.4, -0.2) is 46.9 Å². The lowest BCUT2D eigenvalue weighted by Crippen LogP contribution is -2.34. The Bertz CT molecular complexity index is 357. The van der Waals surface area contributed by atoms with Crippen LogP contribution in [0.25, 0.3) is 0 Å². The van der Waals surface area contributed by atoms with Gasteiger partial charge in [-0.1, -0.05) is 0 Å². The summed E-state index contributed by atoms with van der Waals surface area (Å²) in [6.45, 7) is 10.5. The smallest absolute Gasteiger partial charge is 0.321 e. The van der Waals surface area contributed by atoms with Crippen LogP contribution in [0.2, 0.25) is 0 Å². The van der Waals surface area contributed by atoms with Gasteiger partial charge in [-0.05, 0) is 41.5 Å². The van der Waals surface area contributed by atoms with Crippen LogP contribution in [0.15, 0.2) is 0 Å². The number of hydrogen-bond acceptors (Lipinski definition) is 7. The van der Waals surface area contributed by atoms with Gasteiger partial charge >= 0.3 is 11.9 Å². The van der Waals surface area contributed by atoms with Crippen LogP contribution in [0.1, 0.15) is 41.5 Å². The van der Waals surface area contributed by atoms with Crippen LogP contribution >= 0.6 is 25.3 Å². The van der Waals surface area contributed by atoms with Crippen molar-refractivity contribution in [2.75, 3.05) is 13.2 Å². The monoisotopic (exact) mass is 338 g/mol. The highest BCUT2D eigenvalue weighted by Gasteiger charge is 2.27. The summed E-state index contributed by atoms with van der Waals surface area (Å²) in [5.41, 5.74) is 0. The van der Waals surface area contributed by atoms with Crippen LogP contribution in [0.3, 0.4) is 0 Å². The molecule has 0 aromatic carbocycles. The van der Waals surface area contributed by atoms with Crippen molar-refractivity contribution in [2.24, 2.45) is 0 Å². The second kappa shape index (κ2) is 8.29. The highest BCUT2D eigenvalue weighted by atomic mass is 32.1. The molecule has 0 rings (SSSR count). The molecule has 0 spiro atoms. The van der Waals surface area contributed by atoms with E-state index in [9.17, 15) is 9.59 Å². The maximum atomic E-state index is 11.6. The maximum Gasteiger partial charge on any atom is 0.321 e. The first-order valence-electron chi connectivity index (χ1n) is 6.78. The fourth-order valence-corrected chi connectivity index (χ4v) is 1.20. The first kappa shape index (κ1) is 20.6. The van der Waals surface area contributed by atoms with E-state index < -0.39 is 27.5 Å². The van der Waals surface area contributed by atoms with Gasteiger partial charge in [-0.3, -0.25) is 9.59 Å². The third-order valence-corrected chi connectivity index (χ3v) is 2.74. The lowest BCUT2D eigenvalue weighted by atomic mass is 10.2. The van der Waals surface area contributed by atoms with Crippen molar-refractivity contribution >= 4 is 37.2 Å². The third-order valence-electron chi connectivity index (χ3n) is 2.37. The number of hydrogen-bond donors (Lipinski definition) is 2. The van der Waals surface area contributed by atoms with E-state index in [0.717, 1.165) is 0 Å². The zero-order valence-corrected chi connectivity index (χ0v) is 15.3. The van der Waals surface area contributed by atoms with E-state index in [4.69, 9.17) is 14.2 Å². The molecule has 0 saturated carbocycles. The Labute approximate surface area is 137 Å². The molecule has 2 unspecified atom stereocenters. The number of esters is 2. The van der Waals surface area contributed by atoms with Crippen LogP contribution in [0.4, 0.5) is 0 Å². The molecular formula is C14H26O5S2. The molecule has 0 N–H and O–H groups in total. The van der Waals surface area contributed by atoms with Crippen LogP contribution in [0, 0.1) is 0 Å². The van der Waals surface area contributed by atoms with Crippen LogP contribution < -0.4 is 0 Å². The quantitative estimate of drug-likeness (QED) is 0.525. The van der Waals surface area contributed by atoms with Crippen molar-refractivity contribution < 1.29 is 23.8 Å². The molecule has 5 nitrogen and oxygen atoms in total. The van der Waals surface area contributed by atoms with Gasteiger partial charge in [0.05, 0.1) is 12.7 Å². The number of thiol groups is 2. The molecule has 0 aliphatic carbocycles. The van der Waals surface area contributed by atoms with Gasteiger partial charge in [-0.25, -0.2) is 0 Å². The minimum atomic E-state index is -0.840. The number of ether oxygens (including phenoxy) is 3. The van der Waals surface area contributed by atoms with Gasteiger partial charge in [-0.15, -0.1) is 0 Å². The van der Waals surface area contributed by atoms with Gasteiger partial charge in [0.15, 0.2) is 0 Å². The van der Waals surface area contributed by atoms with Crippen molar-refractivity contribution in [3.05, 3.63) is 0 Å². The second-order valence-electron chi connectivity index (χ2n) is 6.08. The Morgan fingerprint density at radius 1 is 0.905 bits per heavy atom. The molecule has 0 aliphatic heterocycles. The summed E-state index contributed by atoms with van der Waals surface area (Å²) in [5, 5.41) is 0. The molecule has 0 aromatic heterocycles. The minimum Gasteiger partial charge on any atom is -0.462 e. The van der Waals surface area contributed by atoms with Crippen molar-refractivity contribution in [3.63, 3.8) is 0 Å². The molecular weight excluding hydrogens is 312 g/mol. The summed E-state index contributed by atoms with van der Waals surface area (Å²) in [6, 6.07) is 0. The van der Waals surface area contributed by atoms with E-state index in [2.05, 4.69) is 25.3 Å². The summed E-state index contributed by atoms with van der Waals surface area (Å²) in [7, 11) is 0. The Morgan fingerprint density at radius 2 is 1.38 bits per heavy atom. The molecule has 124 valence electrons. The molecule has 7 heteroatoms. The molecule has 0 aromatic rings. The van der Waals surface area contributed by atoms with Gasteiger partial charge in [0.25, 0.3) is 0 Å². The van der Waals surface area contributed by atoms with E-state index in [-0.39, 0.29) is 19.3 Å². The standard InChI is InChI=1S/C14H26O5S2/c1-9(7-18-11(15)13(3,4)20)17-8-10(2)19-12(16)14(5,6)21/h9-10,20-21H,7-8H2,1-6H3. The van der Waals surface area contributed by atoms with E-state index in [0.29, 0.717) is 0 Å². The van der Waals surface area contributed by atoms with Gasteiger partial charge in [0, 0.05) is 0 Å². The average molecular weight is 338 g/mol. The Balaban J connectivity index is 4.01. The van der Waals surface area contributed by atoms with E-state index in [1.165, 1.54) is 0 Å². The predicted molar refractivity (Wildman–Crippen MR) is 88.1 cm³/mol. The lowest BCUT2D eigenvalue weighted by Gasteiger charge is -2.22.